The molecule has 1 aromatic rings. The highest BCUT2D eigenvalue weighted by molar-refractivity contribution is 5.18. The summed E-state index contributed by atoms with van der Waals surface area (Å²) in [5, 5.41) is 0. The molecular formula is C13H20N2O. The summed E-state index contributed by atoms with van der Waals surface area (Å²) in [6, 6.07) is 10.4. The number of nitrogens with zero attached hydrogens (tertiary/aromatic N) is 1. The second-order valence-electron chi connectivity index (χ2n) is 4.21. The van der Waals surface area contributed by atoms with Gasteiger partial charge in [-0.05, 0) is 25.1 Å². The van der Waals surface area contributed by atoms with Crippen molar-refractivity contribution in [2.24, 2.45) is 5.73 Å². The molecule has 1 atom stereocenters. The maximum Gasteiger partial charge on any atom is 0.0952 e. The molecule has 2 N–H and O–H groups in total. The van der Waals surface area contributed by atoms with Gasteiger partial charge in [-0.1, -0.05) is 30.3 Å². The summed E-state index contributed by atoms with van der Waals surface area (Å²) >= 11 is 0. The Balaban J connectivity index is 1.91. The van der Waals surface area contributed by atoms with Crippen LogP contribution < -0.4 is 5.73 Å². The van der Waals surface area contributed by atoms with Crippen molar-refractivity contribution in [3.63, 3.8) is 0 Å². The van der Waals surface area contributed by atoms with Crippen molar-refractivity contribution in [1.82, 2.24) is 4.90 Å². The van der Waals surface area contributed by atoms with Gasteiger partial charge in [0.25, 0.3) is 0 Å². The number of ether oxygens (including phenoxy) is 1. The van der Waals surface area contributed by atoms with E-state index < -0.39 is 0 Å². The number of rotatable bonds is 4. The SMILES string of the molecule is NCCCN1CCO[C@H](c2ccccc2)C1. The molecule has 2 rings (SSSR count). The van der Waals surface area contributed by atoms with Gasteiger partial charge in [0.05, 0.1) is 12.7 Å². The molecule has 0 aliphatic carbocycles. The Kier molecular flexibility index (Phi) is 4.34. The number of benzene rings is 1. The lowest BCUT2D eigenvalue weighted by molar-refractivity contribution is -0.0300. The van der Waals surface area contributed by atoms with Crippen LogP contribution in [0.3, 0.4) is 0 Å². The summed E-state index contributed by atoms with van der Waals surface area (Å²) in [4.78, 5) is 2.44. The molecule has 1 aliphatic rings. The van der Waals surface area contributed by atoms with Crippen molar-refractivity contribution in [3.05, 3.63) is 35.9 Å². The van der Waals surface area contributed by atoms with Gasteiger partial charge in [0.1, 0.15) is 0 Å². The summed E-state index contributed by atoms with van der Waals surface area (Å²) in [5.74, 6) is 0. The van der Waals surface area contributed by atoms with Gasteiger partial charge in [-0.3, -0.25) is 4.90 Å². The minimum atomic E-state index is 0.229. The molecule has 16 heavy (non-hydrogen) atoms. The second kappa shape index (κ2) is 5.99. The van der Waals surface area contributed by atoms with Crippen LogP contribution in [0.25, 0.3) is 0 Å². The minimum Gasteiger partial charge on any atom is -0.371 e. The van der Waals surface area contributed by atoms with Crippen molar-refractivity contribution in [3.8, 4) is 0 Å². The van der Waals surface area contributed by atoms with E-state index in [-0.39, 0.29) is 6.10 Å². The van der Waals surface area contributed by atoms with E-state index in [4.69, 9.17) is 10.5 Å². The zero-order chi connectivity index (χ0) is 11.2. The normalized spacial score (nSPS) is 22.2. The predicted octanol–water partition coefficient (Wildman–Crippen LogP) is 1.41. The minimum absolute atomic E-state index is 0.229. The zero-order valence-corrected chi connectivity index (χ0v) is 9.64. The number of hydrogen-bond donors (Lipinski definition) is 1. The highest BCUT2D eigenvalue weighted by Gasteiger charge is 2.20. The van der Waals surface area contributed by atoms with E-state index in [0.717, 1.165) is 39.2 Å². The maximum atomic E-state index is 5.80. The summed E-state index contributed by atoms with van der Waals surface area (Å²) in [7, 11) is 0. The summed E-state index contributed by atoms with van der Waals surface area (Å²) < 4.78 is 5.80. The van der Waals surface area contributed by atoms with Gasteiger partial charge in [0, 0.05) is 13.1 Å². The lowest BCUT2D eigenvalue weighted by atomic mass is 10.1. The molecule has 88 valence electrons. The Morgan fingerprint density at radius 2 is 2.12 bits per heavy atom. The molecule has 0 amide bonds. The number of nitrogens with two attached hydrogens (primary N) is 1. The quantitative estimate of drug-likeness (QED) is 0.833. The van der Waals surface area contributed by atoms with Crippen LogP contribution in [-0.2, 0) is 4.74 Å². The Morgan fingerprint density at radius 1 is 1.31 bits per heavy atom. The molecule has 1 saturated heterocycles. The molecule has 0 unspecified atom stereocenters. The fourth-order valence-electron chi connectivity index (χ4n) is 2.09. The van der Waals surface area contributed by atoms with Crippen LogP contribution in [0, 0.1) is 0 Å². The van der Waals surface area contributed by atoms with Gasteiger partial charge >= 0.3 is 0 Å². The summed E-state index contributed by atoms with van der Waals surface area (Å²) in [6.45, 7) is 4.70. The Labute approximate surface area is 97.2 Å². The topological polar surface area (TPSA) is 38.5 Å². The molecule has 0 spiro atoms. The zero-order valence-electron chi connectivity index (χ0n) is 9.64. The standard InChI is InChI=1S/C13H20N2O/c14-7-4-8-15-9-10-16-13(11-15)12-5-2-1-3-6-12/h1-3,5-6,13H,4,7-11,14H2/t13-/m0/s1. The maximum absolute atomic E-state index is 5.80. The van der Waals surface area contributed by atoms with E-state index in [1.807, 2.05) is 6.07 Å². The molecule has 1 aliphatic heterocycles. The average Bonchev–Trinajstić information content (AvgIpc) is 2.38. The third-order valence-electron chi connectivity index (χ3n) is 3.00. The van der Waals surface area contributed by atoms with Crippen LogP contribution in [0.15, 0.2) is 30.3 Å². The fourth-order valence-corrected chi connectivity index (χ4v) is 2.09. The summed E-state index contributed by atoms with van der Waals surface area (Å²) in [6.07, 6.45) is 1.30. The van der Waals surface area contributed by atoms with Gasteiger partial charge in [0.2, 0.25) is 0 Å². The Hall–Kier alpha value is -0.900. The van der Waals surface area contributed by atoms with Crippen molar-refractivity contribution >= 4 is 0 Å². The van der Waals surface area contributed by atoms with Gasteiger partial charge < -0.3 is 10.5 Å². The lowest BCUT2D eigenvalue weighted by Crippen LogP contribution is -2.39. The van der Waals surface area contributed by atoms with E-state index in [1.54, 1.807) is 0 Å². The molecule has 1 aromatic carbocycles. The third-order valence-corrected chi connectivity index (χ3v) is 3.00. The lowest BCUT2D eigenvalue weighted by Gasteiger charge is -2.33. The first-order valence-corrected chi connectivity index (χ1v) is 5.99. The molecule has 3 nitrogen and oxygen atoms in total. The van der Waals surface area contributed by atoms with E-state index in [9.17, 15) is 0 Å². The third kappa shape index (κ3) is 3.04. The van der Waals surface area contributed by atoms with Crippen molar-refractivity contribution in [2.45, 2.75) is 12.5 Å². The van der Waals surface area contributed by atoms with Crippen LogP contribution in [0.4, 0.5) is 0 Å². The molecule has 3 heteroatoms. The van der Waals surface area contributed by atoms with E-state index >= 15 is 0 Å². The number of morpholine rings is 1. The Morgan fingerprint density at radius 3 is 2.88 bits per heavy atom. The molecule has 1 fully saturated rings. The van der Waals surface area contributed by atoms with Gasteiger partial charge in [-0.2, -0.15) is 0 Å². The van der Waals surface area contributed by atoms with Crippen molar-refractivity contribution < 1.29 is 4.74 Å². The van der Waals surface area contributed by atoms with E-state index in [1.165, 1.54) is 5.56 Å². The first kappa shape index (κ1) is 11.6. The molecule has 0 saturated carbocycles. The van der Waals surface area contributed by atoms with Crippen LogP contribution in [0.5, 0.6) is 0 Å². The predicted molar refractivity (Wildman–Crippen MR) is 65.2 cm³/mol. The highest BCUT2D eigenvalue weighted by atomic mass is 16.5. The van der Waals surface area contributed by atoms with Crippen LogP contribution in [-0.4, -0.2) is 37.7 Å². The summed E-state index contributed by atoms with van der Waals surface area (Å²) in [5.41, 5.74) is 6.81. The molecular weight excluding hydrogens is 200 g/mol. The first-order chi connectivity index (χ1) is 7.90. The highest BCUT2D eigenvalue weighted by Crippen LogP contribution is 2.21. The second-order valence-corrected chi connectivity index (χ2v) is 4.21. The van der Waals surface area contributed by atoms with Crippen LogP contribution in [0.2, 0.25) is 0 Å². The average molecular weight is 220 g/mol. The molecule has 0 radical (unpaired) electrons. The van der Waals surface area contributed by atoms with Crippen LogP contribution >= 0.6 is 0 Å². The van der Waals surface area contributed by atoms with E-state index in [2.05, 4.69) is 29.2 Å². The fraction of sp³-hybridized carbons (Fsp3) is 0.538. The van der Waals surface area contributed by atoms with Crippen LogP contribution in [0.1, 0.15) is 18.1 Å². The van der Waals surface area contributed by atoms with Gasteiger partial charge in [0.15, 0.2) is 0 Å². The van der Waals surface area contributed by atoms with Crippen molar-refractivity contribution in [1.29, 1.82) is 0 Å². The Bertz CT molecular complexity index is 302. The van der Waals surface area contributed by atoms with Crippen molar-refractivity contribution in [2.75, 3.05) is 32.8 Å². The molecule has 1 heterocycles. The van der Waals surface area contributed by atoms with Gasteiger partial charge in [-0.25, -0.2) is 0 Å². The number of hydrogen-bond acceptors (Lipinski definition) is 3. The van der Waals surface area contributed by atoms with Gasteiger partial charge in [-0.15, -0.1) is 0 Å². The first-order valence-electron chi connectivity index (χ1n) is 5.99. The largest absolute Gasteiger partial charge is 0.371 e. The van der Waals surface area contributed by atoms with E-state index in [0.29, 0.717) is 0 Å². The smallest absolute Gasteiger partial charge is 0.0952 e. The molecule has 0 bridgehead atoms. The monoisotopic (exact) mass is 220 g/mol. The molecule has 0 aromatic heterocycles.